The number of anilines is 1. The van der Waals surface area contributed by atoms with Crippen LogP contribution in [0, 0.1) is 0 Å². The number of nitrogens with zero attached hydrogens (tertiary/aromatic N) is 2. The van der Waals surface area contributed by atoms with Crippen LogP contribution in [0.3, 0.4) is 0 Å². The Bertz CT molecular complexity index is 1390. The van der Waals surface area contributed by atoms with Gasteiger partial charge in [0.1, 0.15) is 11.5 Å². The molecule has 1 atom stereocenters. The molecule has 8 nitrogen and oxygen atoms in total. The fourth-order valence-corrected chi connectivity index (χ4v) is 6.36. The van der Waals surface area contributed by atoms with E-state index >= 15 is 0 Å². The third-order valence-electron chi connectivity index (χ3n) is 6.82. The molecule has 0 spiro atoms. The molecule has 1 saturated heterocycles. The Kier molecular flexibility index (Phi) is 7.78. The number of carbonyl (C=O) groups excluding carboxylic acids is 1. The molecule has 2 aliphatic rings. The largest absolute Gasteiger partial charge is 0.497 e. The van der Waals surface area contributed by atoms with E-state index in [1.54, 1.807) is 24.3 Å². The number of likely N-dealkylation sites (tertiary alicyclic amines) is 1. The number of carbonyl (C=O) groups is 1. The van der Waals surface area contributed by atoms with Crippen LogP contribution in [0.15, 0.2) is 71.6 Å². The van der Waals surface area contributed by atoms with Crippen LogP contribution < -0.4 is 19.1 Å². The highest BCUT2D eigenvalue weighted by Gasteiger charge is 2.37. The Morgan fingerprint density at radius 3 is 2.39 bits per heavy atom. The van der Waals surface area contributed by atoms with Crippen LogP contribution >= 0.6 is 11.6 Å². The van der Waals surface area contributed by atoms with E-state index < -0.39 is 22.0 Å². The third-order valence-corrected chi connectivity index (χ3v) is 8.85. The second-order valence-corrected chi connectivity index (χ2v) is 11.7. The van der Waals surface area contributed by atoms with Gasteiger partial charge in [0.05, 0.1) is 24.2 Å². The summed E-state index contributed by atoms with van der Waals surface area (Å²) in [5.41, 5.74) is 2.48. The van der Waals surface area contributed by atoms with Crippen LogP contribution in [-0.4, -0.2) is 52.1 Å². The summed E-state index contributed by atoms with van der Waals surface area (Å²) in [6.45, 7) is 3.33. The van der Waals surface area contributed by atoms with E-state index in [4.69, 9.17) is 21.1 Å². The van der Waals surface area contributed by atoms with E-state index in [1.165, 1.54) is 48.0 Å². The average molecular weight is 556 g/mol. The first-order chi connectivity index (χ1) is 18.3. The maximum atomic E-state index is 13.6. The quantitative estimate of drug-likeness (QED) is 0.448. The molecule has 3 aromatic carbocycles. The van der Waals surface area contributed by atoms with Gasteiger partial charge < -0.3 is 14.8 Å². The maximum absolute atomic E-state index is 13.6. The van der Waals surface area contributed by atoms with Crippen molar-refractivity contribution in [3.8, 4) is 11.5 Å². The zero-order chi connectivity index (χ0) is 26.7. The zero-order valence-electron chi connectivity index (χ0n) is 21.1. The number of sulfonamides is 1. The summed E-state index contributed by atoms with van der Waals surface area (Å²) in [6, 6.07) is 19.0. The van der Waals surface area contributed by atoms with Crippen LogP contribution in [0.25, 0.3) is 0 Å². The monoisotopic (exact) mass is 555 g/mol. The fourth-order valence-electron chi connectivity index (χ4n) is 4.73. The molecule has 3 aromatic rings. The smallest absolute Gasteiger partial charge is 0.264 e. The lowest BCUT2D eigenvalue weighted by Crippen LogP contribution is -2.50. The van der Waals surface area contributed by atoms with Gasteiger partial charge in [-0.15, -0.1) is 0 Å². The van der Waals surface area contributed by atoms with Gasteiger partial charge in [0.15, 0.2) is 6.10 Å². The Hall–Kier alpha value is -3.27. The molecule has 0 saturated carbocycles. The summed E-state index contributed by atoms with van der Waals surface area (Å²) in [4.78, 5) is 15.6. The first-order valence-electron chi connectivity index (χ1n) is 12.5. The molecule has 1 amide bonds. The lowest BCUT2D eigenvalue weighted by atomic mass is 10.1. The summed E-state index contributed by atoms with van der Waals surface area (Å²) < 4.78 is 39.5. The van der Waals surface area contributed by atoms with Crippen LogP contribution in [0.4, 0.5) is 5.69 Å². The van der Waals surface area contributed by atoms with Crippen molar-refractivity contribution < 1.29 is 22.7 Å². The van der Waals surface area contributed by atoms with E-state index in [9.17, 15) is 13.2 Å². The van der Waals surface area contributed by atoms with E-state index in [-0.39, 0.29) is 22.9 Å². The molecular formula is C28H30ClN3O5S. The molecule has 0 aromatic heterocycles. The van der Waals surface area contributed by atoms with Gasteiger partial charge in [-0.05, 0) is 79.5 Å². The van der Waals surface area contributed by atoms with E-state index in [0.29, 0.717) is 17.3 Å². The minimum Gasteiger partial charge on any atom is -0.497 e. The SMILES string of the molecule is COc1ccc(S(=O)(=O)N2CC(C(=O)NCc3ccc(CN4CCCC4)cc3)Oc3ccc(Cl)cc32)cc1. The van der Waals surface area contributed by atoms with Crippen molar-refractivity contribution in [2.75, 3.05) is 31.0 Å². The Balaban J connectivity index is 1.30. The summed E-state index contributed by atoms with van der Waals surface area (Å²) in [7, 11) is -2.50. The number of halogens is 1. The molecule has 1 fully saturated rings. The fraction of sp³-hybridized carbons (Fsp3) is 0.321. The lowest BCUT2D eigenvalue weighted by Gasteiger charge is -2.35. The Morgan fingerprint density at radius 2 is 1.71 bits per heavy atom. The van der Waals surface area contributed by atoms with Crippen molar-refractivity contribution >= 4 is 33.2 Å². The van der Waals surface area contributed by atoms with Gasteiger partial charge in [0, 0.05) is 18.1 Å². The molecule has 1 N–H and O–H groups in total. The summed E-state index contributed by atoms with van der Waals surface area (Å²) in [5, 5.41) is 3.25. The van der Waals surface area contributed by atoms with Crippen molar-refractivity contribution in [3.05, 3.63) is 82.9 Å². The van der Waals surface area contributed by atoms with Crippen molar-refractivity contribution in [3.63, 3.8) is 0 Å². The number of amides is 1. The minimum atomic E-state index is -4.01. The van der Waals surface area contributed by atoms with Crippen LogP contribution in [0.2, 0.25) is 5.02 Å². The van der Waals surface area contributed by atoms with Gasteiger partial charge in [-0.1, -0.05) is 35.9 Å². The predicted octanol–water partition coefficient (Wildman–Crippen LogP) is 4.22. The number of rotatable bonds is 8. The highest BCUT2D eigenvalue weighted by atomic mass is 35.5. The summed E-state index contributed by atoms with van der Waals surface area (Å²) in [5.74, 6) is 0.404. The zero-order valence-corrected chi connectivity index (χ0v) is 22.7. The van der Waals surface area contributed by atoms with Gasteiger partial charge in [0.2, 0.25) is 0 Å². The molecule has 2 heterocycles. The Morgan fingerprint density at radius 1 is 1.03 bits per heavy atom. The summed E-state index contributed by atoms with van der Waals surface area (Å²) >= 11 is 6.18. The number of nitrogens with one attached hydrogen (secondary N) is 1. The third kappa shape index (κ3) is 5.75. The molecule has 2 aliphatic heterocycles. The Labute approximate surface area is 228 Å². The molecular weight excluding hydrogens is 526 g/mol. The van der Waals surface area contributed by atoms with E-state index in [0.717, 1.165) is 25.2 Å². The van der Waals surface area contributed by atoms with Crippen molar-refractivity contribution in [1.82, 2.24) is 10.2 Å². The number of ether oxygens (including phenoxy) is 2. The standard InChI is InChI=1S/C28H30ClN3O5S/c1-36-23-9-11-24(12-10-23)38(34,35)32-19-27(37-26-13-8-22(29)16-25(26)32)28(33)30-17-20-4-6-21(7-5-20)18-31-14-2-3-15-31/h4-13,16,27H,2-3,14-15,17-19H2,1H3,(H,30,33). The molecule has 10 heteroatoms. The lowest BCUT2D eigenvalue weighted by molar-refractivity contribution is -0.127. The highest BCUT2D eigenvalue weighted by molar-refractivity contribution is 7.92. The number of hydrogen-bond acceptors (Lipinski definition) is 6. The number of benzene rings is 3. The molecule has 0 bridgehead atoms. The normalized spacial score (nSPS) is 17.5. The van der Waals surface area contributed by atoms with Crippen LogP contribution in [0.5, 0.6) is 11.5 Å². The van der Waals surface area contributed by atoms with Gasteiger partial charge in [-0.2, -0.15) is 0 Å². The van der Waals surface area contributed by atoms with Gasteiger partial charge in [-0.25, -0.2) is 8.42 Å². The number of hydrogen-bond donors (Lipinski definition) is 1. The maximum Gasteiger partial charge on any atom is 0.264 e. The van der Waals surface area contributed by atoms with E-state index in [2.05, 4.69) is 22.3 Å². The molecule has 38 heavy (non-hydrogen) atoms. The second-order valence-electron chi connectivity index (χ2n) is 9.45. The molecule has 0 aliphatic carbocycles. The van der Waals surface area contributed by atoms with Crippen molar-refractivity contribution in [2.24, 2.45) is 0 Å². The van der Waals surface area contributed by atoms with Crippen molar-refractivity contribution in [2.45, 2.75) is 36.9 Å². The second kappa shape index (κ2) is 11.2. The van der Waals surface area contributed by atoms with Gasteiger partial charge >= 0.3 is 0 Å². The number of fused-ring (bicyclic) bond motifs is 1. The minimum absolute atomic E-state index is 0.0688. The first-order valence-corrected chi connectivity index (χ1v) is 14.4. The van der Waals surface area contributed by atoms with Crippen LogP contribution in [-0.2, 0) is 27.9 Å². The predicted molar refractivity (Wildman–Crippen MR) is 146 cm³/mol. The average Bonchev–Trinajstić information content (AvgIpc) is 3.45. The molecule has 1 unspecified atom stereocenters. The molecule has 0 radical (unpaired) electrons. The van der Waals surface area contributed by atoms with Crippen LogP contribution in [0.1, 0.15) is 24.0 Å². The van der Waals surface area contributed by atoms with Crippen molar-refractivity contribution in [1.29, 1.82) is 0 Å². The van der Waals surface area contributed by atoms with Gasteiger partial charge in [0.25, 0.3) is 15.9 Å². The summed E-state index contributed by atoms with van der Waals surface area (Å²) in [6.07, 6.45) is 1.47. The highest BCUT2D eigenvalue weighted by Crippen LogP contribution is 2.39. The molecule has 200 valence electrons. The van der Waals surface area contributed by atoms with E-state index in [1.807, 2.05) is 12.1 Å². The molecule has 5 rings (SSSR count). The first kappa shape index (κ1) is 26.3. The number of methoxy groups -OCH3 is 1. The topological polar surface area (TPSA) is 88.2 Å². The van der Waals surface area contributed by atoms with Gasteiger partial charge in [-0.3, -0.25) is 14.0 Å².